The van der Waals surface area contributed by atoms with Gasteiger partial charge in [-0.05, 0) is 30.2 Å². The van der Waals surface area contributed by atoms with Crippen LogP contribution in [0.25, 0.3) is 0 Å². The van der Waals surface area contributed by atoms with Gasteiger partial charge in [-0.1, -0.05) is 0 Å². The van der Waals surface area contributed by atoms with E-state index in [-0.39, 0.29) is 24.1 Å². The standard InChI is InChI=1S/C20H25N5O3.C2HF3O2/c26-18-4-3-17(19(27)22-18)25-12-13-9-14(1-2-16(13)20(25)28)23-5-7-24(8-6-23)15-10-21-11-15;3-2(4,5)1(6)7/h1-2,9,15,17,21H,3-8,10-12H2,(H,22,26,27);(H,6,7). The zero-order valence-electron chi connectivity index (χ0n) is 18.8. The molecule has 3 saturated heterocycles. The highest BCUT2D eigenvalue weighted by Crippen LogP contribution is 2.31. The van der Waals surface area contributed by atoms with Crippen LogP contribution in [0.5, 0.6) is 0 Å². The van der Waals surface area contributed by atoms with Gasteiger partial charge in [0.25, 0.3) is 5.91 Å². The lowest BCUT2D eigenvalue weighted by Gasteiger charge is -2.44. The van der Waals surface area contributed by atoms with E-state index in [1.54, 1.807) is 4.90 Å². The second-order valence-electron chi connectivity index (χ2n) is 8.88. The fourth-order valence-electron chi connectivity index (χ4n) is 4.63. The number of imide groups is 1. The molecule has 190 valence electrons. The third kappa shape index (κ3) is 5.40. The number of rotatable bonds is 3. The fourth-order valence-corrected chi connectivity index (χ4v) is 4.63. The van der Waals surface area contributed by atoms with Crippen LogP contribution in [0.4, 0.5) is 18.9 Å². The number of halogens is 3. The van der Waals surface area contributed by atoms with Crippen molar-refractivity contribution in [3.05, 3.63) is 29.3 Å². The highest BCUT2D eigenvalue weighted by atomic mass is 19.4. The number of fused-ring (bicyclic) bond motifs is 1. The van der Waals surface area contributed by atoms with Crippen molar-refractivity contribution in [1.82, 2.24) is 20.4 Å². The van der Waals surface area contributed by atoms with Gasteiger partial charge in [0.2, 0.25) is 11.8 Å². The zero-order chi connectivity index (χ0) is 25.3. The van der Waals surface area contributed by atoms with E-state index in [4.69, 9.17) is 9.90 Å². The van der Waals surface area contributed by atoms with Gasteiger partial charge in [-0.25, -0.2) is 4.79 Å². The van der Waals surface area contributed by atoms with Gasteiger partial charge in [-0.15, -0.1) is 0 Å². The summed E-state index contributed by atoms with van der Waals surface area (Å²) in [4.78, 5) is 51.8. The number of alkyl halides is 3. The summed E-state index contributed by atoms with van der Waals surface area (Å²) in [6, 6.07) is 6.13. The average Bonchev–Trinajstić information content (AvgIpc) is 3.08. The molecule has 3 N–H and O–H groups in total. The van der Waals surface area contributed by atoms with E-state index in [2.05, 4.69) is 26.5 Å². The Morgan fingerprint density at radius 1 is 1.06 bits per heavy atom. The van der Waals surface area contributed by atoms with Crippen LogP contribution in [0, 0.1) is 0 Å². The molecule has 4 aliphatic heterocycles. The molecule has 5 rings (SSSR count). The lowest BCUT2D eigenvalue weighted by atomic mass is 10.0. The van der Waals surface area contributed by atoms with Gasteiger partial charge in [0.15, 0.2) is 0 Å². The van der Waals surface area contributed by atoms with Gasteiger partial charge in [-0.3, -0.25) is 24.6 Å². The van der Waals surface area contributed by atoms with Crippen molar-refractivity contribution in [2.24, 2.45) is 0 Å². The number of aliphatic carboxylic acids is 1. The van der Waals surface area contributed by atoms with Crippen molar-refractivity contribution >= 4 is 29.4 Å². The predicted molar refractivity (Wildman–Crippen MR) is 117 cm³/mol. The highest BCUT2D eigenvalue weighted by Gasteiger charge is 2.40. The number of carbonyl (C=O) groups is 4. The van der Waals surface area contributed by atoms with Crippen molar-refractivity contribution < 1.29 is 37.5 Å². The van der Waals surface area contributed by atoms with Crippen LogP contribution in [0.1, 0.15) is 28.8 Å². The van der Waals surface area contributed by atoms with E-state index in [0.717, 1.165) is 50.5 Å². The Hall–Kier alpha value is -3.19. The van der Waals surface area contributed by atoms with E-state index in [1.807, 2.05) is 12.1 Å². The normalized spacial score (nSPS) is 23.3. The Morgan fingerprint density at radius 2 is 1.71 bits per heavy atom. The summed E-state index contributed by atoms with van der Waals surface area (Å²) in [5.74, 6) is -3.49. The number of piperazine rings is 1. The minimum Gasteiger partial charge on any atom is -0.475 e. The summed E-state index contributed by atoms with van der Waals surface area (Å²) in [6.45, 7) is 6.71. The van der Waals surface area contributed by atoms with Gasteiger partial charge in [0.05, 0.1) is 0 Å². The molecule has 4 heterocycles. The first-order valence-electron chi connectivity index (χ1n) is 11.3. The first-order chi connectivity index (χ1) is 16.5. The molecule has 13 heteroatoms. The molecular formula is C22H26F3N5O5. The van der Waals surface area contributed by atoms with Crippen molar-refractivity contribution in [1.29, 1.82) is 0 Å². The highest BCUT2D eigenvalue weighted by molar-refractivity contribution is 6.05. The number of hydrogen-bond donors (Lipinski definition) is 3. The second-order valence-corrected chi connectivity index (χ2v) is 8.88. The maximum atomic E-state index is 12.8. The molecule has 3 fully saturated rings. The van der Waals surface area contributed by atoms with E-state index in [1.165, 1.54) is 0 Å². The Kier molecular flexibility index (Phi) is 6.99. The molecule has 0 radical (unpaired) electrons. The number of carboxylic acid groups (broad SMARTS) is 1. The monoisotopic (exact) mass is 497 g/mol. The summed E-state index contributed by atoms with van der Waals surface area (Å²) in [6.07, 6.45) is -4.40. The number of piperidine rings is 1. The third-order valence-corrected chi connectivity index (χ3v) is 6.71. The number of anilines is 1. The molecule has 0 aliphatic carbocycles. The lowest BCUT2D eigenvalue weighted by molar-refractivity contribution is -0.192. The summed E-state index contributed by atoms with van der Waals surface area (Å²) in [5, 5.41) is 12.8. The molecular weight excluding hydrogens is 471 g/mol. The zero-order valence-corrected chi connectivity index (χ0v) is 18.8. The van der Waals surface area contributed by atoms with Crippen LogP contribution in [-0.2, 0) is 20.9 Å². The van der Waals surface area contributed by atoms with E-state index in [9.17, 15) is 27.6 Å². The Bertz CT molecular complexity index is 1020. The minimum atomic E-state index is -5.08. The molecule has 1 aromatic carbocycles. The number of benzene rings is 1. The van der Waals surface area contributed by atoms with Crippen molar-refractivity contribution in [2.75, 3.05) is 44.2 Å². The molecule has 10 nitrogen and oxygen atoms in total. The minimum absolute atomic E-state index is 0.113. The maximum Gasteiger partial charge on any atom is 0.490 e. The van der Waals surface area contributed by atoms with Crippen LogP contribution < -0.4 is 15.5 Å². The van der Waals surface area contributed by atoms with Crippen molar-refractivity contribution in [2.45, 2.75) is 37.6 Å². The van der Waals surface area contributed by atoms with Crippen LogP contribution in [0.3, 0.4) is 0 Å². The molecule has 4 aliphatic rings. The molecule has 0 bridgehead atoms. The topological polar surface area (TPSA) is 122 Å². The lowest BCUT2D eigenvalue weighted by Crippen LogP contribution is -2.61. The summed E-state index contributed by atoms with van der Waals surface area (Å²) in [5.41, 5.74) is 2.79. The smallest absolute Gasteiger partial charge is 0.475 e. The number of hydrogen-bond acceptors (Lipinski definition) is 7. The molecule has 3 amide bonds. The summed E-state index contributed by atoms with van der Waals surface area (Å²) in [7, 11) is 0. The largest absolute Gasteiger partial charge is 0.490 e. The van der Waals surface area contributed by atoms with E-state index < -0.39 is 18.2 Å². The van der Waals surface area contributed by atoms with Crippen LogP contribution in [0.2, 0.25) is 0 Å². The Balaban J connectivity index is 0.000000364. The van der Waals surface area contributed by atoms with Crippen LogP contribution in [-0.4, -0.2) is 96.1 Å². The maximum absolute atomic E-state index is 12.8. The van der Waals surface area contributed by atoms with E-state index >= 15 is 0 Å². The molecule has 1 atom stereocenters. The molecule has 1 aromatic rings. The Morgan fingerprint density at radius 3 is 2.26 bits per heavy atom. The molecule has 0 spiro atoms. The second kappa shape index (κ2) is 9.82. The summed E-state index contributed by atoms with van der Waals surface area (Å²) >= 11 is 0. The number of carboxylic acids is 1. The molecule has 0 aromatic heterocycles. The summed E-state index contributed by atoms with van der Waals surface area (Å²) < 4.78 is 31.7. The Labute approximate surface area is 199 Å². The number of nitrogens with one attached hydrogen (secondary N) is 2. The quantitative estimate of drug-likeness (QED) is 0.506. The van der Waals surface area contributed by atoms with Gasteiger partial charge in [0.1, 0.15) is 6.04 Å². The van der Waals surface area contributed by atoms with Crippen LogP contribution in [0.15, 0.2) is 18.2 Å². The van der Waals surface area contributed by atoms with Gasteiger partial charge in [-0.2, -0.15) is 13.2 Å². The molecule has 1 unspecified atom stereocenters. The number of amides is 3. The average molecular weight is 497 g/mol. The molecule has 35 heavy (non-hydrogen) atoms. The van der Waals surface area contributed by atoms with Gasteiger partial charge < -0.3 is 20.2 Å². The third-order valence-electron chi connectivity index (χ3n) is 6.71. The first kappa shape index (κ1) is 24.9. The fraction of sp³-hybridized carbons (Fsp3) is 0.545. The SMILES string of the molecule is O=C(O)C(F)(F)F.O=C1CCC(N2Cc3cc(N4CCN(C5CNC5)CC4)ccc3C2=O)C(=O)N1. The first-order valence-corrected chi connectivity index (χ1v) is 11.3. The van der Waals surface area contributed by atoms with E-state index in [0.29, 0.717) is 24.6 Å². The van der Waals surface area contributed by atoms with Gasteiger partial charge >= 0.3 is 12.1 Å². The van der Waals surface area contributed by atoms with Crippen molar-refractivity contribution in [3.63, 3.8) is 0 Å². The van der Waals surface area contributed by atoms with Crippen molar-refractivity contribution in [3.8, 4) is 0 Å². The molecule has 0 saturated carbocycles. The van der Waals surface area contributed by atoms with Gasteiger partial charge in [0, 0.05) is 69.5 Å². The number of nitrogens with zero attached hydrogens (tertiary/aromatic N) is 3. The predicted octanol–water partition coefficient (Wildman–Crippen LogP) is 0.175. The van der Waals surface area contributed by atoms with Crippen LogP contribution >= 0.6 is 0 Å². The number of carbonyl (C=O) groups excluding carboxylic acids is 3.